The molecule has 0 aliphatic heterocycles. The number of fused-ring (bicyclic) bond motifs is 9. The molecule has 0 fully saturated rings. The van der Waals surface area contributed by atoms with Crippen LogP contribution in [0.3, 0.4) is 0 Å². The average molecular weight is 829 g/mol. The van der Waals surface area contributed by atoms with Crippen LogP contribution < -0.4 is 4.90 Å². The lowest BCUT2D eigenvalue weighted by Crippen LogP contribution is -2.28. The summed E-state index contributed by atoms with van der Waals surface area (Å²) in [5.41, 5.74) is 17.3. The highest BCUT2D eigenvalue weighted by Crippen LogP contribution is 2.57. The Morgan fingerprint density at radius 2 is 0.892 bits per heavy atom. The lowest BCUT2D eigenvalue weighted by atomic mass is 9.67. The highest BCUT2D eigenvalue weighted by molar-refractivity contribution is 6.18. The number of anilines is 3. The summed E-state index contributed by atoms with van der Waals surface area (Å²) < 4.78 is 6.44. The molecule has 12 aromatic rings. The zero-order chi connectivity index (χ0) is 42.9. The van der Waals surface area contributed by atoms with Gasteiger partial charge in [-0.05, 0) is 111 Å². The molecule has 10 aromatic carbocycles. The van der Waals surface area contributed by atoms with Crippen LogP contribution in [0.15, 0.2) is 247 Å². The number of aromatic nitrogens is 1. The molecule has 304 valence electrons. The van der Waals surface area contributed by atoms with Crippen LogP contribution in [-0.4, -0.2) is 4.98 Å². The van der Waals surface area contributed by atoms with Gasteiger partial charge in [0.2, 0.25) is 0 Å². The normalized spacial score (nSPS) is 12.7. The number of benzene rings is 10. The predicted molar refractivity (Wildman–Crippen MR) is 269 cm³/mol. The zero-order valence-electron chi connectivity index (χ0n) is 35.4. The van der Waals surface area contributed by atoms with Crippen molar-refractivity contribution in [1.82, 2.24) is 4.98 Å². The van der Waals surface area contributed by atoms with Gasteiger partial charge < -0.3 is 9.32 Å². The van der Waals surface area contributed by atoms with Crippen molar-refractivity contribution in [3.05, 3.63) is 265 Å². The summed E-state index contributed by atoms with van der Waals surface area (Å²) in [6, 6.07) is 87.7. The first-order valence-corrected chi connectivity index (χ1v) is 22.3. The van der Waals surface area contributed by atoms with Crippen molar-refractivity contribution in [3.63, 3.8) is 0 Å². The van der Waals surface area contributed by atoms with Crippen molar-refractivity contribution in [2.75, 3.05) is 4.90 Å². The molecule has 0 bridgehead atoms. The molecule has 3 heteroatoms. The SMILES string of the molecule is c1ccc(-c2ccc(N(c3ccc(-c4nc5ccccc5c5cc6c(cc45)oc4ccccc46)cc3)c3ccc4c(c3)C(c3ccccc3)(c3ccccc3)c3ccccc3-4)cc2)cc1. The molecule has 0 N–H and O–H groups in total. The fraction of sp³-hybridized carbons (Fsp3) is 0.0161. The Hall–Kier alpha value is -8.53. The molecule has 1 aliphatic carbocycles. The van der Waals surface area contributed by atoms with Crippen LogP contribution in [0, 0.1) is 0 Å². The molecule has 0 saturated carbocycles. The smallest absolute Gasteiger partial charge is 0.136 e. The van der Waals surface area contributed by atoms with E-state index in [0.29, 0.717) is 0 Å². The number of hydrogen-bond donors (Lipinski definition) is 0. The molecule has 13 rings (SSSR count). The van der Waals surface area contributed by atoms with E-state index in [0.717, 1.165) is 71.9 Å². The fourth-order valence-electron chi connectivity index (χ4n) is 10.6. The van der Waals surface area contributed by atoms with Crippen molar-refractivity contribution in [1.29, 1.82) is 0 Å². The fourth-order valence-corrected chi connectivity index (χ4v) is 10.6. The van der Waals surface area contributed by atoms with Gasteiger partial charge in [-0.15, -0.1) is 0 Å². The van der Waals surface area contributed by atoms with Gasteiger partial charge in [-0.2, -0.15) is 0 Å². The highest BCUT2D eigenvalue weighted by Gasteiger charge is 2.46. The van der Waals surface area contributed by atoms with E-state index < -0.39 is 5.41 Å². The average Bonchev–Trinajstić information content (AvgIpc) is 3.90. The van der Waals surface area contributed by atoms with Crippen LogP contribution in [0.4, 0.5) is 17.1 Å². The molecule has 2 aromatic heterocycles. The maximum Gasteiger partial charge on any atom is 0.136 e. The number of para-hydroxylation sites is 2. The van der Waals surface area contributed by atoms with Crippen molar-refractivity contribution in [3.8, 4) is 33.5 Å². The summed E-state index contributed by atoms with van der Waals surface area (Å²) in [5, 5.41) is 5.58. The number of furan rings is 1. The Kier molecular flexibility index (Phi) is 8.44. The minimum absolute atomic E-state index is 0.523. The van der Waals surface area contributed by atoms with Crippen molar-refractivity contribution < 1.29 is 4.42 Å². The van der Waals surface area contributed by atoms with E-state index in [1.807, 2.05) is 12.1 Å². The lowest BCUT2D eigenvalue weighted by Gasteiger charge is -2.35. The molecular weight excluding hydrogens is 789 g/mol. The molecule has 2 heterocycles. The molecule has 0 radical (unpaired) electrons. The third-order valence-corrected chi connectivity index (χ3v) is 13.5. The van der Waals surface area contributed by atoms with E-state index in [1.165, 1.54) is 44.5 Å². The molecule has 0 amide bonds. The first-order valence-electron chi connectivity index (χ1n) is 22.3. The topological polar surface area (TPSA) is 29.3 Å². The van der Waals surface area contributed by atoms with Crippen molar-refractivity contribution >= 4 is 60.7 Å². The van der Waals surface area contributed by atoms with Gasteiger partial charge in [0.25, 0.3) is 0 Å². The molecular formula is C62H40N2O. The van der Waals surface area contributed by atoms with E-state index >= 15 is 0 Å². The Bertz CT molecular complexity index is 3710. The van der Waals surface area contributed by atoms with Crippen molar-refractivity contribution in [2.24, 2.45) is 0 Å². The van der Waals surface area contributed by atoms with E-state index in [9.17, 15) is 0 Å². The molecule has 65 heavy (non-hydrogen) atoms. The minimum atomic E-state index is -0.523. The van der Waals surface area contributed by atoms with E-state index in [1.54, 1.807) is 0 Å². The van der Waals surface area contributed by atoms with Gasteiger partial charge in [0.05, 0.1) is 16.6 Å². The Labute approximate surface area is 377 Å². The van der Waals surface area contributed by atoms with Crippen molar-refractivity contribution in [2.45, 2.75) is 5.41 Å². The van der Waals surface area contributed by atoms with Crippen LogP contribution >= 0.6 is 0 Å². The summed E-state index contributed by atoms with van der Waals surface area (Å²) in [5.74, 6) is 0. The quantitative estimate of drug-likeness (QED) is 0.150. The molecule has 0 saturated heterocycles. The van der Waals surface area contributed by atoms with E-state index in [4.69, 9.17) is 9.40 Å². The number of hydrogen-bond acceptors (Lipinski definition) is 3. The first-order chi connectivity index (χ1) is 32.2. The standard InChI is InChI=1S/C62H40N2O/c1-4-16-41(17-5-1)42-28-32-46(33-29-42)64(48-36-37-50-49-22-10-13-25-56(49)62(57(50)38-48,44-18-6-2-7-19-44)45-20-8-3-9-21-45)47-34-30-43(31-35-47)61-55-40-60-54(52-24-12-15-27-59(52)65-60)39-53(55)51-23-11-14-26-58(51)63-61/h1-40H. The van der Waals surface area contributed by atoms with Gasteiger partial charge in [-0.3, -0.25) is 0 Å². The van der Waals surface area contributed by atoms with Gasteiger partial charge in [0.15, 0.2) is 0 Å². The van der Waals surface area contributed by atoms with Gasteiger partial charge >= 0.3 is 0 Å². The second-order valence-electron chi connectivity index (χ2n) is 17.0. The van der Waals surface area contributed by atoms with E-state index in [2.05, 4.69) is 235 Å². The van der Waals surface area contributed by atoms with Crippen LogP contribution in [-0.2, 0) is 5.41 Å². The van der Waals surface area contributed by atoms with E-state index in [-0.39, 0.29) is 0 Å². The summed E-state index contributed by atoms with van der Waals surface area (Å²) in [4.78, 5) is 7.74. The number of pyridine rings is 1. The number of nitrogens with zero attached hydrogens (tertiary/aromatic N) is 2. The van der Waals surface area contributed by atoms with Gasteiger partial charge in [0.1, 0.15) is 11.2 Å². The molecule has 0 spiro atoms. The van der Waals surface area contributed by atoms with Gasteiger partial charge in [-0.25, -0.2) is 4.98 Å². The molecule has 3 nitrogen and oxygen atoms in total. The Morgan fingerprint density at radius 3 is 1.62 bits per heavy atom. The molecule has 0 unspecified atom stereocenters. The maximum absolute atomic E-state index is 6.44. The summed E-state index contributed by atoms with van der Waals surface area (Å²) in [6.07, 6.45) is 0. The zero-order valence-corrected chi connectivity index (χ0v) is 35.4. The van der Waals surface area contributed by atoms with Gasteiger partial charge in [0, 0.05) is 44.2 Å². The third kappa shape index (κ3) is 5.79. The largest absolute Gasteiger partial charge is 0.456 e. The minimum Gasteiger partial charge on any atom is -0.456 e. The number of rotatable bonds is 7. The second kappa shape index (κ2) is 14.8. The van der Waals surface area contributed by atoms with Crippen LogP contribution in [0.1, 0.15) is 22.3 Å². The monoisotopic (exact) mass is 828 g/mol. The predicted octanol–water partition coefficient (Wildman–Crippen LogP) is 16.5. The lowest BCUT2D eigenvalue weighted by molar-refractivity contribution is 0.669. The first kappa shape index (κ1) is 37.1. The summed E-state index contributed by atoms with van der Waals surface area (Å²) >= 11 is 0. The van der Waals surface area contributed by atoms with Crippen LogP contribution in [0.25, 0.3) is 77.1 Å². The van der Waals surface area contributed by atoms with Crippen LogP contribution in [0.5, 0.6) is 0 Å². The summed E-state index contributed by atoms with van der Waals surface area (Å²) in [7, 11) is 0. The maximum atomic E-state index is 6.44. The Morgan fingerprint density at radius 1 is 0.338 bits per heavy atom. The molecule has 0 atom stereocenters. The third-order valence-electron chi connectivity index (χ3n) is 13.5. The van der Waals surface area contributed by atoms with Gasteiger partial charge in [-0.1, -0.05) is 182 Å². The highest BCUT2D eigenvalue weighted by atomic mass is 16.3. The van der Waals surface area contributed by atoms with Crippen LogP contribution in [0.2, 0.25) is 0 Å². The summed E-state index contributed by atoms with van der Waals surface area (Å²) in [6.45, 7) is 0. The Balaban J connectivity index is 1.00. The molecule has 1 aliphatic rings. The second-order valence-corrected chi connectivity index (χ2v) is 17.0.